The Labute approximate surface area is 94.7 Å². The summed E-state index contributed by atoms with van der Waals surface area (Å²) in [6.45, 7) is 3.06. The van der Waals surface area contributed by atoms with Crippen LogP contribution in [0.5, 0.6) is 0 Å². The Kier molecular flexibility index (Phi) is 9.30. The summed E-state index contributed by atoms with van der Waals surface area (Å²) >= 11 is 0. The molecular weight excluding hydrogens is 220 g/mol. The van der Waals surface area contributed by atoms with Crippen molar-refractivity contribution in [3.63, 3.8) is 0 Å². The van der Waals surface area contributed by atoms with Crippen LogP contribution in [-0.2, 0) is 21.9 Å². The molecule has 1 aromatic rings. The molecule has 0 spiro atoms. The minimum atomic E-state index is 0. The molecule has 1 rings (SSSR count). The van der Waals surface area contributed by atoms with Gasteiger partial charge < -0.3 is 10.5 Å². The first-order valence-electron chi connectivity index (χ1n) is 3.90. The van der Waals surface area contributed by atoms with Gasteiger partial charge in [0.05, 0.1) is 0 Å². The molecule has 0 amide bonds. The average Bonchev–Trinajstić information content (AvgIpc) is 2.05. The maximum atomic E-state index is 9.44. The van der Waals surface area contributed by atoms with Crippen molar-refractivity contribution in [3.8, 4) is 0 Å². The second kappa shape index (κ2) is 8.48. The summed E-state index contributed by atoms with van der Waals surface area (Å²) in [4.78, 5) is 9.44. The van der Waals surface area contributed by atoms with E-state index in [2.05, 4.69) is 0 Å². The fourth-order valence-corrected chi connectivity index (χ4v) is 0.618. The second-order valence-electron chi connectivity index (χ2n) is 2.69. The summed E-state index contributed by atoms with van der Waals surface area (Å²) in [6, 6.07) is 9.23. The van der Waals surface area contributed by atoms with Crippen LogP contribution in [0, 0.1) is 5.41 Å². The molecule has 14 heavy (non-hydrogen) atoms. The number of carbonyl (C=O) groups excluding carboxylic acids is 1. The van der Waals surface area contributed by atoms with Crippen LogP contribution in [0.25, 0.3) is 0 Å². The summed E-state index contributed by atoms with van der Waals surface area (Å²) in [7, 11) is 0. The van der Waals surface area contributed by atoms with Gasteiger partial charge in [0.15, 0.2) is 0 Å². The van der Waals surface area contributed by atoms with E-state index in [4.69, 9.17) is 11.1 Å². The van der Waals surface area contributed by atoms with Gasteiger partial charge in [-0.15, -0.1) is 0 Å². The summed E-state index contributed by atoms with van der Waals surface area (Å²) in [5.41, 5.74) is 5.97. The van der Waals surface area contributed by atoms with Crippen molar-refractivity contribution in [2.45, 2.75) is 13.8 Å². The van der Waals surface area contributed by atoms with Crippen molar-refractivity contribution < 1.29 is 21.9 Å². The Morgan fingerprint density at radius 2 is 1.57 bits per heavy atom. The molecule has 0 saturated carbocycles. The van der Waals surface area contributed by atoms with Gasteiger partial charge in [0.1, 0.15) is 11.6 Å². The van der Waals surface area contributed by atoms with Crippen LogP contribution in [0.4, 0.5) is 0 Å². The average molecular weight is 234 g/mol. The van der Waals surface area contributed by atoms with Gasteiger partial charge in [-0.2, -0.15) is 0 Å². The van der Waals surface area contributed by atoms with Gasteiger partial charge in [0.2, 0.25) is 0 Å². The Balaban J connectivity index is 0. The number of Topliss-reactive ketones (excluding diaryl/α,β-unsaturated/α-hetero) is 1. The predicted molar refractivity (Wildman–Crippen MR) is 53.8 cm³/mol. The molecule has 3 N–H and O–H groups in total. The van der Waals surface area contributed by atoms with E-state index in [0.29, 0.717) is 0 Å². The Hall–Kier alpha value is -1.12. The van der Waals surface area contributed by atoms with Gasteiger partial charge in [-0.3, -0.25) is 5.41 Å². The number of nitrogens with one attached hydrogen (secondary N) is 1. The van der Waals surface area contributed by atoms with E-state index in [0.717, 1.165) is 5.56 Å². The molecule has 0 saturated heterocycles. The number of hydrogen-bond donors (Lipinski definition) is 2. The molecule has 0 bridgehead atoms. The summed E-state index contributed by atoms with van der Waals surface area (Å²) in [5.74, 6) is 0.288. The molecule has 0 aromatic heterocycles. The van der Waals surface area contributed by atoms with Gasteiger partial charge in [-0.25, -0.2) is 0 Å². The molecule has 0 fully saturated rings. The molecule has 4 heteroatoms. The monoisotopic (exact) mass is 234 g/mol. The minimum absolute atomic E-state index is 0. The van der Waals surface area contributed by atoms with Crippen LogP contribution in [-0.4, -0.2) is 11.6 Å². The first-order chi connectivity index (χ1) is 6.04. The fraction of sp³-hybridized carbons (Fsp3) is 0.200. The molecular formula is C10H14FeN2O. The minimum Gasteiger partial charge on any atom is -0.384 e. The number of ketones is 1. The van der Waals surface area contributed by atoms with Crippen LogP contribution in [0.2, 0.25) is 0 Å². The maximum Gasteiger partial charge on any atom is 0.126 e. The van der Waals surface area contributed by atoms with Gasteiger partial charge in [-0.05, 0) is 13.8 Å². The molecule has 0 atom stereocenters. The number of nitrogen functional groups attached to an aromatic ring is 1. The van der Waals surface area contributed by atoms with Crippen molar-refractivity contribution in [3.05, 3.63) is 35.9 Å². The number of nitrogens with two attached hydrogens (primary N) is 1. The molecule has 0 aliphatic rings. The topological polar surface area (TPSA) is 66.9 Å². The molecule has 0 aliphatic carbocycles. The van der Waals surface area contributed by atoms with Gasteiger partial charge in [-0.1, -0.05) is 30.3 Å². The molecule has 78 valence electrons. The van der Waals surface area contributed by atoms with E-state index < -0.39 is 0 Å². The third-order valence-corrected chi connectivity index (χ3v) is 1.08. The quantitative estimate of drug-likeness (QED) is 0.440. The van der Waals surface area contributed by atoms with E-state index in [-0.39, 0.29) is 28.7 Å². The smallest absolute Gasteiger partial charge is 0.126 e. The Morgan fingerprint density at radius 1 is 1.21 bits per heavy atom. The number of hydrogen-bond acceptors (Lipinski definition) is 2. The molecule has 3 nitrogen and oxygen atoms in total. The van der Waals surface area contributed by atoms with Gasteiger partial charge in [0, 0.05) is 22.6 Å². The third kappa shape index (κ3) is 8.97. The molecule has 1 aromatic carbocycles. The Bertz CT molecular complexity index is 281. The second-order valence-corrected chi connectivity index (χ2v) is 2.69. The van der Waals surface area contributed by atoms with E-state index in [9.17, 15) is 4.79 Å². The number of amidine groups is 1. The largest absolute Gasteiger partial charge is 0.384 e. The van der Waals surface area contributed by atoms with Crippen molar-refractivity contribution in [2.24, 2.45) is 5.73 Å². The summed E-state index contributed by atoms with van der Waals surface area (Å²) < 4.78 is 0. The van der Waals surface area contributed by atoms with Crippen LogP contribution >= 0.6 is 0 Å². The van der Waals surface area contributed by atoms with Crippen LogP contribution in [0.3, 0.4) is 0 Å². The third-order valence-electron chi connectivity index (χ3n) is 1.08. The zero-order chi connectivity index (χ0) is 10.3. The summed E-state index contributed by atoms with van der Waals surface area (Å²) in [5, 5.41) is 7.01. The Morgan fingerprint density at radius 3 is 1.79 bits per heavy atom. The first-order valence-corrected chi connectivity index (χ1v) is 3.90. The first kappa shape index (κ1) is 15.4. The van der Waals surface area contributed by atoms with Crippen molar-refractivity contribution >= 4 is 11.6 Å². The van der Waals surface area contributed by atoms with Crippen molar-refractivity contribution in [1.29, 1.82) is 5.41 Å². The van der Waals surface area contributed by atoms with E-state index in [1.807, 2.05) is 30.3 Å². The standard InChI is InChI=1S/C7H8N2.C3H6O.Fe/c8-7(9)6-4-2-1-3-5-6;1-3(2)4;/h1-5H,(H3,8,9);1-2H3;. The molecule has 0 unspecified atom stereocenters. The molecule has 0 heterocycles. The number of rotatable bonds is 1. The fourth-order valence-electron chi connectivity index (χ4n) is 0.618. The molecule has 0 aliphatic heterocycles. The predicted octanol–water partition coefficient (Wildman–Crippen LogP) is 1.56. The maximum absolute atomic E-state index is 9.44. The van der Waals surface area contributed by atoms with E-state index >= 15 is 0 Å². The van der Waals surface area contributed by atoms with Gasteiger partial charge >= 0.3 is 0 Å². The summed E-state index contributed by atoms with van der Waals surface area (Å²) in [6.07, 6.45) is 0. The number of benzene rings is 1. The van der Waals surface area contributed by atoms with Crippen LogP contribution in [0.1, 0.15) is 19.4 Å². The van der Waals surface area contributed by atoms with Gasteiger partial charge in [0.25, 0.3) is 0 Å². The SMILES string of the molecule is CC(C)=O.N=C(N)c1ccccc1.[Fe]. The zero-order valence-corrected chi connectivity index (χ0v) is 9.33. The van der Waals surface area contributed by atoms with Crippen LogP contribution < -0.4 is 5.73 Å². The van der Waals surface area contributed by atoms with Crippen LogP contribution in [0.15, 0.2) is 30.3 Å². The zero-order valence-electron chi connectivity index (χ0n) is 8.23. The number of carbonyl (C=O) groups is 1. The van der Waals surface area contributed by atoms with E-state index in [1.165, 1.54) is 13.8 Å². The normalized spacial score (nSPS) is 7.57. The van der Waals surface area contributed by atoms with E-state index in [1.54, 1.807) is 0 Å². The van der Waals surface area contributed by atoms with Crippen molar-refractivity contribution in [2.75, 3.05) is 0 Å². The molecule has 0 radical (unpaired) electrons. The van der Waals surface area contributed by atoms with Crippen molar-refractivity contribution in [1.82, 2.24) is 0 Å².